The SMILES string of the molecule is Cc1cccc(NC2SC(=O)N(Cc3ccc([N+](=O)[O-])cc3)C2=O)c1. The van der Waals surface area contributed by atoms with Gasteiger partial charge in [0.1, 0.15) is 0 Å². The molecule has 1 heterocycles. The fourth-order valence-corrected chi connectivity index (χ4v) is 3.38. The summed E-state index contributed by atoms with van der Waals surface area (Å²) in [6, 6.07) is 13.4. The summed E-state index contributed by atoms with van der Waals surface area (Å²) in [6.45, 7) is 2.04. The van der Waals surface area contributed by atoms with E-state index in [-0.39, 0.29) is 23.4 Å². The Balaban J connectivity index is 1.69. The van der Waals surface area contributed by atoms with Crippen molar-refractivity contribution in [2.24, 2.45) is 0 Å². The maximum Gasteiger partial charge on any atom is 0.291 e. The molecular weight excluding hydrogens is 342 g/mol. The Morgan fingerprint density at radius 2 is 1.92 bits per heavy atom. The number of imide groups is 1. The number of anilines is 1. The Bertz CT molecular complexity index is 838. The summed E-state index contributed by atoms with van der Waals surface area (Å²) in [5.41, 5.74) is 2.45. The molecule has 25 heavy (non-hydrogen) atoms. The van der Waals surface area contributed by atoms with E-state index in [1.54, 1.807) is 12.1 Å². The van der Waals surface area contributed by atoms with Gasteiger partial charge in [0.05, 0.1) is 11.5 Å². The lowest BCUT2D eigenvalue weighted by Gasteiger charge is -2.15. The molecule has 1 N–H and O–H groups in total. The van der Waals surface area contributed by atoms with Gasteiger partial charge in [-0.3, -0.25) is 24.6 Å². The van der Waals surface area contributed by atoms with E-state index in [0.29, 0.717) is 5.56 Å². The normalized spacial score (nSPS) is 17.0. The molecule has 1 fully saturated rings. The minimum Gasteiger partial charge on any atom is -0.365 e. The lowest BCUT2D eigenvalue weighted by Crippen LogP contribution is -2.33. The Labute approximate surface area is 148 Å². The van der Waals surface area contributed by atoms with Crippen LogP contribution in [-0.2, 0) is 11.3 Å². The van der Waals surface area contributed by atoms with Crippen LogP contribution in [0.15, 0.2) is 48.5 Å². The molecule has 0 radical (unpaired) electrons. The fourth-order valence-electron chi connectivity index (χ4n) is 2.47. The van der Waals surface area contributed by atoms with Gasteiger partial charge in [-0.2, -0.15) is 0 Å². The second-order valence-corrected chi connectivity index (χ2v) is 6.68. The standard InChI is InChI=1S/C17H15N3O4S/c1-11-3-2-4-13(9-11)18-15-16(21)19(17(22)25-15)10-12-5-7-14(8-6-12)20(23)24/h2-9,15,18H,10H2,1H3. The van der Waals surface area contributed by atoms with E-state index < -0.39 is 10.3 Å². The van der Waals surface area contributed by atoms with Crippen LogP contribution in [0.3, 0.4) is 0 Å². The van der Waals surface area contributed by atoms with Crippen LogP contribution in [0.4, 0.5) is 16.2 Å². The Hall–Kier alpha value is -2.87. The van der Waals surface area contributed by atoms with Crippen molar-refractivity contribution in [2.75, 3.05) is 5.32 Å². The quantitative estimate of drug-likeness (QED) is 0.650. The molecule has 0 saturated carbocycles. The highest BCUT2D eigenvalue weighted by molar-refractivity contribution is 8.15. The van der Waals surface area contributed by atoms with Crippen LogP contribution in [0.5, 0.6) is 0 Å². The first-order valence-electron chi connectivity index (χ1n) is 7.52. The van der Waals surface area contributed by atoms with E-state index in [2.05, 4.69) is 5.32 Å². The number of nitro groups is 1. The molecule has 1 saturated heterocycles. The van der Waals surface area contributed by atoms with Crippen LogP contribution in [-0.4, -0.2) is 26.3 Å². The number of carbonyl (C=O) groups excluding carboxylic acids is 2. The van der Waals surface area contributed by atoms with Gasteiger partial charge < -0.3 is 5.32 Å². The molecule has 128 valence electrons. The highest BCUT2D eigenvalue weighted by Gasteiger charge is 2.39. The number of benzene rings is 2. The Kier molecular flexibility index (Phi) is 4.71. The molecular formula is C17H15N3O4S. The summed E-state index contributed by atoms with van der Waals surface area (Å²) >= 11 is 0.928. The third kappa shape index (κ3) is 3.80. The first kappa shape index (κ1) is 17.0. The summed E-state index contributed by atoms with van der Waals surface area (Å²) in [6.07, 6.45) is 0. The monoisotopic (exact) mass is 357 g/mol. The van der Waals surface area contributed by atoms with Gasteiger partial charge in [-0.1, -0.05) is 24.3 Å². The van der Waals surface area contributed by atoms with Gasteiger partial charge in [0.25, 0.3) is 16.8 Å². The van der Waals surface area contributed by atoms with Crippen LogP contribution >= 0.6 is 11.8 Å². The zero-order valence-corrected chi connectivity index (χ0v) is 14.2. The van der Waals surface area contributed by atoms with Crippen molar-refractivity contribution >= 4 is 34.3 Å². The van der Waals surface area contributed by atoms with Crippen LogP contribution < -0.4 is 5.32 Å². The first-order chi connectivity index (χ1) is 11.9. The molecule has 0 aromatic heterocycles. The van der Waals surface area contributed by atoms with Gasteiger partial charge in [0.15, 0.2) is 5.37 Å². The molecule has 7 nitrogen and oxygen atoms in total. The molecule has 2 aromatic carbocycles. The summed E-state index contributed by atoms with van der Waals surface area (Å²) in [7, 11) is 0. The van der Waals surface area contributed by atoms with Crippen molar-refractivity contribution in [3.05, 3.63) is 69.8 Å². The number of nitrogens with one attached hydrogen (secondary N) is 1. The minimum atomic E-state index is -0.674. The lowest BCUT2D eigenvalue weighted by atomic mass is 10.2. The number of thioether (sulfide) groups is 1. The molecule has 1 aliphatic rings. The zero-order chi connectivity index (χ0) is 18.0. The fraction of sp³-hybridized carbons (Fsp3) is 0.176. The van der Waals surface area contributed by atoms with Gasteiger partial charge in [0, 0.05) is 17.8 Å². The number of non-ortho nitro benzene ring substituents is 1. The third-order valence-electron chi connectivity index (χ3n) is 3.73. The van der Waals surface area contributed by atoms with Gasteiger partial charge in [-0.15, -0.1) is 0 Å². The third-order valence-corrected chi connectivity index (χ3v) is 4.71. The maximum absolute atomic E-state index is 12.5. The molecule has 2 aromatic rings. The molecule has 1 aliphatic heterocycles. The Morgan fingerprint density at radius 1 is 1.20 bits per heavy atom. The molecule has 8 heteroatoms. The maximum atomic E-state index is 12.5. The van der Waals surface area contributed by atoms with Crippen molar-refractivity contribution in [1.29, 1.82) is 0 Å². The molecule has 0 spiro atoms. The highest BCUT2D eigenvalue weighted by atomic mass is 32.2. The van der Waals surface area contributed by atoms with Crippen molar-refractivity contribution in [2.45, 2.75) is 18.8 Å². The van der Waals surface area contributed by atoms with E-state index in [4.69, 9.17) is 0 Å². The molecule has 1 atom stereocenters. The second-order valence-electron chi connectivity index (χ2n) is 5.63. The van der Waals surface area contributed by atoms with Crippen LogP contribution in [0.2, 0.25) is 0 Å². The number of nitrogens with zero attached hydrogens (tertiary/aromatic N) is 2. The zero-order valence-electron chi connectivity index (χ0n) is 13.3. The number of aryl methyl sites for hydroxylation is 1. The number of hydrogen-bond donors (Lipinski definition) is 1. The second kappa shape index (κ2) is 6.94. The van der Waals surface area contributed by atoms with Crippen LogP contribution in [0, 0.1) is 17.0 Å². The van der Waals surface area contributed by atoms with Crippen molar-refractivity contribution < 1.29 is 14.5 Å². The van der Waals surface area contributed by atoms with Gasteiger partial charge in [-0.25, -0.2) is 0 Å². The predicted molar refractivity (Wildman–Crippen MR) is 95.2 cm³/mol. The van der Waals surface area contributed by atoms with Crippen molar-refractivity contribution in [3.63, 3.8) is 0 Å². The number of rotatable bonds is 5. The molecule has 0 bridgehead atoms. The lowest BCUT2D eigenvalue weighted by molar-refractivity contribution is -0.384. The smallest absolute Gasteiger partial charge is 0.291 e. The average Bonchev–Trinajstić information content (AvgIpc) is 2.83. The molecule has 1 unspecified atom stereocenters. The van der Waals surface area contributed by atoms with E-state index in [1.807, 2.05) is 31.2 Å². The number of carbonyl (C=O) groups is 2. The van der Waals surface area contributed by atoms with Gasteiger partial charge in [-0.05, 0) is 41.9 Å². The summed E-state index contributed by atoms with van der Waals surface area (Å²) in [4.78, 5) is 36.0. The predicted octanol–water partition coefficient (Wildman–Crippen LogP) is 3.54. The topological polar surface area (TPSA) is 92.6 Å². The van der Waals surface area contributed by atoms with Crippen LogP contribution in [0.25, 0.3) is 0 Å². The summed E-state index contributed by atoms with van der Waals surface area (Å²) in [5, 5.41) is 12.7. The van der Waals surface area contributed by atoms with E-state index >= 15 is 0 Å². The molecule has 2 amide bonds. The average molecular weight is 357 g/mol. The van der Waals surface area contributed by atoms with E-state index in [9.17, 15) is 19.7 Å². The number of hydrogen-bond acceptors (Lipinski definition) is 6. The number of amides is 2. The van der Waals surface area contributed by atoms with E-state index in [0.717, 1.165) is 27.9 Å². The van der Waals surface area contributed by atoms with Gasteiger partial charge in [0.2, 0.25) is 0 Å². The number of nitro benzene ring substituents is 1. The van der Waals surface area contributed by atoms with Crippen molar-refractivity contribution in [3.8, 4) is 0 Å². The largest absolute Gasteiger partial charge is 0.365 e. The molecule has 3 rings (SSSR count). The Morgan fingerprint density at radius 3 is 2.56 bits per heavy atom. The van der Waals surface area contributed by atoms with E-state index in [1.165, 1.54) is 12.1 Å². The minimum absolute atomic E-state index is 0.0313. The van der Waals surface area contributed by atoms with Crippen molar-refractivity contribution in [1.82, 2.24) is 4.90 Å². The summed E-state index contributed by atoms with van der Waals surface area (Å²) in [5.74, 6) is -0.324. The highest BCUT2D eigenvalue weighted by Crippen LogP contribution is 2.30. The van der Waals surface area contributed by atoms with Gasteiger partial charge >= 0.3 is 0 Å². The summed E-state index contributed by atoms with van der Waals surface area (Å²) < 4.78 is 0. The molecule has 0 aliphatic carbocycles. The van der Waals surface area contributed by atoms with Crippen LogP contribution in [0.1, 0.15) is 11.1 Å². The first-order valence-corrected chi connectivity index (χ1v) is 8.40.